The summed E-state index contributed by atoms with van der Waals surface area (Å²) < 4.78 is 1.17. The van der Waals surface area contributed by atoms with E-state index in [-0.39, 0.29) is 11.3 Å². The molecule has 0 saturated carbocycles. The summed E-state index contributed by atoms with van der Waals surface area (Å²) in [6.45, 7) is 3.79. The molecule has 0 saturated heterocycles. The van der Waals surface area contributed by atoms with Gasteiger partial charge in [0.1, 0.15) is 0 Å². The Labute approximate surface area is 116 Å². The lowest BCUT2D eigenvalue weighted by atomic mass is 10.1. The first-order valence-electron chi connectivity index (χ1n) is 6.04. The zero-order chi connectivity index (χ0) is 14.9. The van der Waals surface area contributed by atoms with Gasteiger partial charge in [0.05, 0.1) is 11.8 Å². The van der Waals surface area contributed by atoms with Crippen LogP contribution in [0.25, 0.3) is 0 Å². The van der Waals surface area contributed by atoms with Gasteiger partial charge in [-0.3, -0.25) is 9.48 Å². The summed E-state index contributed by atoms with van der Waals surface area (Å²) in [5.41, 5.74) is 2.49. The summed E-state index contributed by atoms with van der Waals surface area (Å²) in [5.74, 6) is -1.67. The molecule has 2 aromatic rings. The van der Waals surface area contributed by atoms with Crippen molar-refractivity contribution in [2.45, 2.75) is 13.8 Å². The number of hydrogen-bond donors (Lipinski definition) is 2. The summed E-state index contributed by atoms with van der Waals surface area (Å²) in [6, 6.07) is 5.67. The number of aryl methyl sites for hydroxylation is 3. The Morgan fingerprint density at radius 2 is 2.00 bits per heavy atom. The number of anilines is 1. The van der Waals surface area contributed by atoms with Crippen molar-refractivity contribution in [3.8, 4) is 0 Å². The van der Waals surface area contributed by atoms with Crippen LogP contribution in [0.2, 0.25) is 0 Å². The minimum Gasteiger partial charge on any atom is -0.477 e. The third-order valence-electron chi connectivity index (χ3n) is 3.03. The number of benzene rings is 1. The van der Waals surface area contributed by atoms with Gasteiger partial charge in [0, 0.05) is 12.7 Å². The molecule has 0 aliphatic heterocycles. The Morgan fingerprint density at radius 1 is 1.30 bits per heavy atom. The first-order chi connectivity index (χ1) is 9.40. The van der Waals surface area contributed by atoms with Gasteiger partial charge >= 0.3 is 5.97 Å². The van der Waals surface area contributed by atoms with Crippen LogP contribution in [-0.2, 0) is 7.05 Å². The largest absolute Gasteiger partial charge is 0.477 e. The van der Waals surface area contributed by atoms with Gasteiger partial charge in [-0.15, -0.1) is 0 Å². The van der Waals surface area contributed by atoms with Crippen LogP contribution >= 0.6 is 0 Å². The molecule has 20 heavy (non-hydrogen) atoms. The summed E-state index contributed by atoms with van der Waals surface area (Å²) >= 11 is 0. The fraction of sp³-hybridized carbons (Fsp3) is 0.214. The normalized spacial score (nSPS) is 10.3. The molecule has 2 rings (SSSR count). The maximum atomic E-state index is 12.2. The molecule has 0 radical (unpaired) electrons. The van der Waals surface area contributed by atoms with E-state index in [2.05, 4.69) is 10.4 Å². The van der Waals surface area contributed by atoms with Crippen molar-refractivity contribution in [1.29, 1.82) is 0 Å². The summed E-state index contributed by atoms with van der Waals surface area (Å²) in [6.07, 6.45) is 1.25. The number of carboxylic acids is 1. The van der Waals surface area contributed by atoms with Crippen molar-refractivity contribution in [2.75, 3.05) is 5.32 Å². The number of nitrogens with zero attached hydrogens (tertiary/aromatic N) is 2. The number of amides is 1. The van der Waals surface area contributed by atoms with Gasteiger partial charge in [0.15, 0.2) is 5.69 Å². The zero-order valence-electron chi connectivity index (χ0n) is 11.5. The second-order valence-electron chi connectivity index (χ2n) is 4.61. The number of carbonyl (C=O) groups excluding carboxylic acids is 1. The van der Waals surface area contributed by atoms with Crippen LogP contribution in [0.5, 0.6) is 0 Å². The monoisotopic (exact) mass is 273 g/mol. The number of hydrogen-bond acceptors (Lipinski definition) is 3. The van der Waals surface area contributed by atoms with Crippen molar-refractivity contribution < 1.29 is 14.7 Å². The van der Waals surface area contributed by atoms with Crippen LogP contribution in [-0.4, -0.2) is 26.8 Å². The molecule has 2 N–H and O–H groups in total. The van der Waals surface area contributed by atoms with Gasteiger partial charge in [-0.1, -0.05) is 12.1 Å². The molecule has 1 aromatic heterocycles. The highest BCUT2D eigenvalue weighted by Crippen LogP contribution is 2.18. The molecular weight excluding hydrogens is 258 g/mol. The van der Waals surface area contributed by atoms with Crippen molar-refractivity contribution in [1.82, 2.24) is 9.78 Å². The van der Waals surface area contributed by atoms with E-state index in [0.717, 1.165) is 11.1 Å². The second-order valence-corrected chi connectivity index (χ2v) is 4.61. The zero-order valence-corrected chi connectivity index (χ0v) is 11.5. The molecule has 6 heteroatoms. The van der Waals surface area contributed by atoms with Gasteiger partial charge in [0.2, 0.25) is 0 Å². The number of carbonyl (C=O) groups is 2. The highest BCUT2D eigenvalue weighted by Gasteiger charge is 2.21. The molecule has 0 unspecified atom stereocenters. The molecule has 1 aromatic carbocycles. The maximum absolute atomic E-state index is 12.2. The molecule has 0 aliphatic carbocycles. The number of nitrogens with one attached hydrogen (secondary N) is 1. The number of aromatic nitrogens is 2. The quantitative estimate of drug-likeness (QED) is 0.895. The average molecular weight is 273 g/mol. The lowest BCUT2D eigenvalue weighted by Gasteiger charge is -2.09. The lowest BCUT2D eigenvalue weighted by molar-refractivity contribution is 0.0680. The van der Waals surface area contributed by atoms with Crippen LogP contribution in [0.3, 0.4) is 0 Å². The molecule has 1 amide bonds. The van der Waals surface area contributed by atoms with Crippen molar-refractivity contribution in [3.63, 3.8) is 0 Å². The minimum absolute atomic E-state index is 0.0425. The first-order valence-corrected chi connectivity index (χ1v) is 6.04. The fourth-order valence-electron chi connectivity index (χ4n) is 1.92. The highest BCUT2D eigenvalue weighted by atomic mass is 16.4. The number of aromatic carboxylic acids is 1. The smallest absolute Gasteiger partial charge is 0.354 e. The molecule has 0 spiro atoms. The third kappa shape index (κ3) is 2.54. The van der Waals surface area contributed by atoms with E-state index >= 15 is 0 Å². The van der Waals surface area contributed by atoms with Crippen molar-refractivity contribution in [2.24, 2.45) is 7.05 Å². The maximum Gasteiger partial charge on any atom is 0.354 e. The topological polar surface area (TPSA) is 84.2 Å². The van der Waals surface area contributed by atoms with Crippen molar-refractivity contribution in [3.05, 3.63) is 46.8 Å². The fourth-order valence-corrected chi connectivity index (χ4v) is 1.92. The van der Waals surface area contributed by atoms with E-state index in [1.54, 1.807) is 0 Å². The van der Waals surface area contributed by atoms with Crippen LogP contribution in [0.4, 0.5) is 5.69 Å². The summed E-state index contributed by atoms with van der Waals surface area (Å²) in [7, 11) is 1.48. The predicted molar refractivity (Wildman–Crippen MR) is 74.0 cm³/mol. The highest BCUT2D eigenvalue weighted by molar-refractivity contribution is 6.10. The lowest BCUT2D eigenvalue weighted by Crippen LogP contribution is -2.17. The van der Waals surface area contributed by atoms with E-state index in [0.29, 0.717) is 5.69 Å². The van der Waals surface area contributed by atoms with Crippen LogP contribution in [0.1, 0.15) is 32.0 Å². The Balaban J connectivity index is 2.33. The molecular formula is C14H15N3O3. The average Bonchev–Trinajstić information content (AvgIpc) is 2.76. The number of carboxylic acid groups (broad SMARTS) is 1. The van der Waals surface area contributed by atoms with Gasteiger partial charge < -0.3 is 10.4 Å². The van der Waals surface area contributed by atoms with Gasteiger partial charge in [0.25, 0.3) is 5.91 Å². The first kappa shape index (κ1) is 13.8. The van der Waals surface area contributed by atoms with Crippen LogP contribution < -0.4 is 5.32 Å². The Hall–Kier alpha value is -2.63. The Kier molecular flexibility index (Phi) is 3.56. The van der Waals surface area contributed by atoms with Crippen LogP contribution in [0, 0.1) is 13.8 Å². The van der Waals surface area contributed by atoms with E-state index < -0.39 is 11.9 Å². The van der Waals surface area contributed by atoms with Gasteiger partial charge in [-0.2, -0.15) is 5.10 Å². The Bertz CT molecular complexity index is 689. The summed E-state index contributed by atoms with van der Waals surface area (Å²) in [5, 5.41) is 15.6. The van der Waals surface area contributed by atoms with E-state index in [1.165, 1.54) is 17.9 Å². The standard InChI is InChI=1S/C14H15N3O3/c1-8-4-5-9(2)11(6-8)16-13(18)10-7-15-17(3)12(10)14(19)20/h4-7H,1-3H3,(H,16,18)(H,19,20). The molecule has 0 atom stereocenters. The minimum atomic E-state index is -1.18. The Morgan fingerprint density at radius 3 is 2.65 bits per heavy atom. The van der Waals surface area contributed by atoms with E-state index in [1.807, 2.05) is 32.0 Å². The molecule has 0 aliphatic rings. The molecule has 0 fully saturated rings. The number of rotatable bonds is 3. The second kappa shape index (κ2) is 5.16. The molecule has 6 nitrogen and oxygen atoms in total. The van der Waals surface area contributed by atoms with Crippen molar-refractivity contribution >= 4 is 17.6 Å². The molecule has 104 valence electrons. The molecule has 0 bridgehead atoms. The SMILES string of the molecule is Cc1ccc(C)c(NC(=O)c2cnn(C)c2C(=O)O)c1. The van der Waals surface area contributed by atoms with Gasteiger partial charge in [-0.05, 0) is 31.0 Å². The predicted octanol–water partition coefficient (Wildman–Crippen LogP) is 1.99. The molecule has 1 heterocycles. The van der Waals surface area contributed by atoms with E-state index in [4.69, 9.17) is 5.11 Å². The summed E-state index contributed by atoms with van der Waals surface area (Å²) in [4.78, 5) is 23.3. The van der Waals surface area contributed by atoms with Gasteiger partial charge in [-0.25, -0.2) is 4.79 Å². The van der Waals surface area contributed by atoms with E-state index in [9.17, 15) is 9.59 Å². The third-order valence-corrected chi connectivity index (χ3v) is 3.03. The van der Waals surface area contributed by atoms with Crippen LogP contribution in [0.15, 0.2) is 24.4 Å².